The summed E-state index contributed by atoms with van der Waals surface area (Å²) in [6.07, 6.45) is 0. The van der Waals surface area contributed by atoms with Gasteiger partial charge in [0.2, 0.25) is 0 Å². The fourth-order valence-corrected chi connectivity index (χ4v) is 6.39. The molecule has 0 saturated carbocycles. The van der Waals surface area contributed by atoms with Crippen molar-refractivity contribution in [2.45, 2.75) is 0 Å². The second-order valence-electron chi connectivity index (χ2n) is 7.46. The predicted octanol–water partition coefficient (Wildman–Crippen LogP) is 8.73. The lowest BCUT2D eigenvalue weighted by Gasteiger charge is -2.11. The van der Waals surface area contributed by atoms with Gasteiger partial charge in [0.25, 0.3) is 0 Å². The summed E-state index contributed by atoms with van der Waals surface area (Å²) in [5.74, 6) is 0. The van der Waals surface area contributed by atoms with Gasteiger partial charge in [0.1, 0.15) is 0 Å². The van der Waals surface area contributed by atoms with Crippen LogP contribution in [0.1, 0.15) is 0 Å². The molecule has 5 aromatic carbocycles. The molecule has 0 bridgehead atoms. The molecule has 0 saturated heterocycles. The molecule has 130 valence electrons. The van der Waals surface area contributed by atoms with E-state index >= 15 is 0 Å². The summed E-state index contributed by atoms with van der Waals surface area (Å²) in [7, 11) is 0. The molecule has 0 amide bonds. The average molecular weight is 391 g/mol. The van der Waals surface area contributed by atoms with Crippen molar-refractivity contribution in [1.29, 1.82) is 0 Å². The molecule has 0 atom stereocenters. The van der Waals surface area contributed by atoms with Gasteiger partial charge in [-0.05, 0) is 75.4 Å². The zero-order valence-corrected chi connectivity index (χ0v) is 16.5. The van der Waals surface area contributed by atoms with E-state index in [1.165, 1.54) is 64.6 Å². The first-order valence-electron chi connectivity index (χ1n) is 9.40. The van der Waals surface area contributed by atoms with E-state index in [4.69, 9.17) is 0 Å². The minimum absolute atomic E-state index is 1.34. The minimum atomic E-state index is 1.34. The number of hydrogen-bond donors (Lipinski definition) is 0. The average Bonchev–Trinajstić information content (AvgIpc) is 3.41. The van der Waals surface area contributed by atoms with Crippen LogP contribution in [0.2, 0.25) is 0 Å². The molecule has 0 radical (unpaired) electrons. The fourth-order valence-electron chi connectivity index (χ4n) is 4.75. The second kappa shape index (κ2) is 5.32. The van der Waals surface area contributed by atoms with Crippen LogP contribution in [-0.4, -0.2) is 0 Å². The molecule has 2 heteroatoms. The minimum Gasteiger partial charge on any atom is -0.151 e. The molecule has 7 rings (SSSR count). The summed E-state index contributed by atoms with van der Waals surface area (Å²) in [6.45, 7) is 0. The van der Waals surface area contributed by atoms with Crippen LogP contribution in [0.5, 0.6) is 0 Å². The Labute approximate surface area is 169 Å². The lowest BCUT2D eigenvalue weighted by Crippen LogP contribution is -1.83. The summed E-state index contributed by atoms with van der Waals surface area (Å²) in [6, 6.07) is 22.9. The standard InChI is InChI=1S/C26H14S2/c1-3-17-19-5-6-20-18-4-2-16-12-28-14-26(16)24(18)10-8-22(20)21(19)7-9-23(17)25-13-27-11-15(1)25/h1-14H. The van der Waals surface area contributed by atoms with E-state index in [2.05, 4.69) is 82.2 Å². The van der Waals surface area contributed by atoms with Crippen LogP contribution >= 0.6 is 22.7 Å². The van der Waals surface area contributed by atoms with Crippen molar-refractivity contribution in [1.82, 2.24) is 0 Å². The van der Waals surface area contributed by atoms with E-state index in [-0.39, 0.29) is 0 Å². The lowest BCUT2D eigenvalue weighted by atomic mass is 9.92. The van der Waals surface area contributed by atoms with Crippen LogP contribution in [0.3, 0.4) is 0 Å². The van der Waals surface area contributed by atoms with Gasteiger partial charge in [-0.25, -0.2) is 0 Å². The Morgan fingerprint density at radius 1 is 0.286 bits per heavy atom. The Morgan fingerprint density at radius 2 is 0.571 bits per heavy atom. The number of rotatable bonds is 0. The Bertz CT molecular complexity index is 1580. The van der Waals surface area contributed by atoms with Crippen LogP contribution in [0.15, 0.2) is 82.2 Å². The van der Waals surface area contributed by atoms with Crippen LogP contribution in [0, 0.1) is 0 Å². The highest BCUT2D eigenvalue weighted by Crippen LogP contribution is 2.39. The van der Waals surface area contributed by atoms with Crippen molar-refractivity contribution in [2.75, 3.05) is 0 Å². The normalized spacial score (nSPS) is 12.3. The van der Waals surface area contributed by atoms with Gasteiger partial charge in [-0.15, -0.1) is 0 Å². The molecule has 0 fully saturated rings. The van der Waals surface area contributed by atoms with E-state index in [0.717, 1.165) is 0 Å². The summed E-state index contributed by atoms with van der Waals surface area (Å²) >= 11 is 3.56. The van der Waals surface area contributed by atoms with Crippen LogP contribution in [0.25, 0.3) is 64.6 Å². The van der Waals surface area contributed by atoms with Crippen molar-refractivity contribution >= 4 is 87.3 Å². The Morgan fingerprint density at radius 3 is 0.929 bits per heavy atom. The van der Waals surface area contributed by atoms with Crippen molar-refractivity contribution < 1.29 is 0 Å². The van der Waals surface area contributed by atoms with Crippen molar-refractivity contribution in [3.8, 4) is 0 Å². The predicted molar refractivity (Wildman–Crippen MR) is 127 cm³/mol. The first-order valence-corrected chi connectivity index (χ1v) is 11.3. The Kier molecular flexibility index (Phi) is 2.85. The number of fused-ring (bicyclic) bond motifs is 11. The highest BCUT2D eigenvalue weighted by Gasteiger charge is 2.10. The first-order chi connectivity index (χ1) is 13.9. The molecule has 0 N–H and O–H groups in total. The molecule has 0 aliphatic carbocycles. The number of thiophene rings is 2. The molecule has 0 spiro atoms. The molecule has 7 aromatic rings. The fraction of sp³-hybridized carbons (Fsp3) is 0. The second-order valence-corrected chi connectivity index (χ2v) is 8.94. The van der Waals surface area contributed by atoms with Gasteiger partial charge in [0.05, 0.1) is 0 Å². The molecule has 0 nitrogen and oxygen atoms in total. The summed E-state index contributed by atoms with van der Waals surface area (Å²) < 4.78 is 0. The van der Waals surface area contributed by atoms with Crippen molar-refractivity contribution in [3.05, 3.63) is 82.2 Å². The van der Waals surface area contributed by atoms with Crippen LogP contribution in [-0.2, 0) is 0 Å². The third-order valence-corrected chi connectivity index (χ3v) is 7.63. The zero-order valence-electron chi connectivity index (χ0n) is 14.9. The molecule has 0 aliphatic heterocycles. The quantitative estimate of drug-likeness (QED) is 0.227. The molecule has 2 heterocycles. The summed E-state index contributed by atoms with van der Waals surface area (Å²) in [4.78, 5) is 0. The SMILES string of the molecule is c1cc2c(ccc3c2ccc2c4ccc5cscc5c4ccc23)c2cscc12. The Hall–Kier alpha value is -2.94. The number of hydrogen-bond acceptors (Lipinski definition) is 2. The Balaban J connectivity index is 1.67. The van der Waals surface area contributed by atoms with Gasteiger partial charge in [0, 0.05) is 10.8 Å². The van der Waals surface area contributed by atoms with E-state index in [1.54, 1.807) is 22.7 Å². The third-order valence-electron chi connectivity index (χ3n) is 6.10. The van der Waals surface area contributed by atoms with Gasteiger partial charge in [-0.2, -0.15) is 22.7 Å². The lowest BCUT2D eigenvalue weighted by molar-refractivity contribution is 1.84. The largest absolute Gasteiger partial charge is 0.151 e. The van der Waals surface area contributed by atoms with Gasteiger partial charge in [-0.3, -0.25) is 0 Å². The molecule has 2 aromatic heterocycles. The maximum Gasteiger partial charge on any atom is 0.000205 e. The molecule has 28 heavy (non-hydrogen) atoms. The number of benzene rings is 5. The smallest absolute Gasteiger partial charge is 0.000205 e. The van der Waals surface area contributed by atoms with E-state index in [0.29, 0.717) is 0 Å². The third kappa shape index (κ3) is 1.84. The van der Waals surface area contributed by atoms with Crippen LogP contribution in [0.4, 0.5) is 0 Å². The maximum atomic E-state index is 2.31. The van der Waals surface area contributed by atoms with Crippen LogP contribution < -0.4 is 0 Å². The monoisotopic (exact) mass is 390 g/mol. The highest BCUT2D eigenvalue weighted by molar-refractivity contribution is 7.09. The summed E-state index contributed by atoms with van der Waals surface area (Å²) in [5.41, 5.74) is 0. The first kappa shape index (κ1) is 15.0. The molecule has 0 aliphatic rings. The molecular formula is C26H14S2. The summed E-state index contributed by atoms with van der Waals surface area (Å²) in [5, 5.41) is 25.2. The topological polar surface area (TPSA) is 0 Å². The highest BCUT2D eigenvalue weighted by atomic mass is 32.1. The van der Waals surface area contributed by atoms with Gasteiger partial charge >= 0.3 is 0 Å². The van der Waals surface area contributed by atoms with Gasteiger partial charge in [-0.1, -0.05) is 60.7 Å². The zero-order chi connectivity index (χ0) is 18.2. The van der Waals surface area contributed by atoms with E-state index in [1.807, 2.05) is 0 Å². The molecule has 0 unspecified atom stereocenters. The van der Waals surface area contributed by atoms with Crippen molar-refractivity contribution in [3.63, 3.8) is 0 Å². The van der Waals surface area contributed by atoms with E-state index in [9.17, 15) is 0 Å². The maximum absolute atomic E-state index is 2.31. The van der Waals surface area contributed by atoms with Gasteiger partial charge < -0.3 is 0 Å². The van der Waals surface area contributed by atoms with E-state index < -0.39 is 0 Å². The molecular weight excluding hydrogens is 376 g/mol. The van der Waals surface area contributed by atoms with Crippen molar-refractivity contribution in [2.24, 2.45) is 0 Å². The van der Waals surface area contributed by atoms with Gasteiger partial charge in [0.15, 0.2) is 0 Å².